The molecule has 0 aromatic heterocycles. The van der Waals surface area contributed by atoms with Gasteiger partial charge in [0.1, 0.15) is 6.04 Å². The van der Waals surface area contributed by atoms with Gasteiger partial charge in [0.05, 0.1) is 5.75 Å². The third kappa shape index (κ3) is 3.94. The van der Waals surface area contributed by atoms with Gasteiger partial charge in [-0.3, -0.25) is 9.59 Å². The Morgan fingerprint density at radius 2 is 1.95 bits per heavy atom. The van der Waals surface area contributed by atoms with Crippen LogP contribution in [0.25, 0.3) is 0 Å². The van der Waals surface area contributed by atoms with E-state index in [1.165, 1.54) is 4.31 Å². The van der Waals surface area contributed by atoms with Gasteiger partial charge in [-0.15, -0.1) is 0 Å². The molecule has 21 heavy (non-hydrogen) atoms. The number of nitrogens with zero attached hydrogens (tertiary/aromatic N) is 2. The Morgan fingerprint density at radius 1 is 1.29 bits per heavy atom. The van der Waals surface area contributed by atoms with Crippen LogP contribution in [0.15, 0.2) is 0 Å². The van der Waals surface area contributed by atoms with Crippen LogP contribution in [-0.4, -0.2) is 67.4 Å². The van der Waals surface area contributed by atoms with Crippen molar-refractivity contribution in [2.75, 3.05) is 31.9 Å². The zero-order valence-corrected chi connectivity index (χ0v) is 13.2. The molecular formula is C13H23N3O4S. The fourth-order valence-corrected chi connectivity index (χ4v) is 4.29. The van der Waals surface area contributed by atoms with Crippen LogP contribution in [-0.2, 0) is 19.6 Å². The number of nitrogens with one attached hydrogen (secondary N) is 1. The molecule has 2 aliphatic rings. The molecule has 0 spiro atoms. The minimum atomic E-state index is -3.20. The fourth-order valence-electron chi connectivity index (χ4n) is 2.66. The van der Waals surface area contributed by atoms with Crippen LogP contribution in [0.3, 0.4) is 0 Å². The van der Waals surface area contributed by atoms with Gasteiger partial charge >= 0.3 is 0 Å². The minimum absolute atomic E-state index is 0.0888. The van der Waals surface area contributed by atoms with E-state index in [4.69, 9.17) is 0 Å². The molecule has 120 valence electrons. The summed E-state index contributed by atoms with van der Waals surface area (Å²) in [6, 6.07) is -0.430. The first-order chi connectivity index (χ1) is 9.94. The van der Waals surface area contributed by atoms with E-state index in [1.54, 1.807) is 4.90 Å². The Morgan fingerprint density at radius 3 is 2.48 bits per heavy atom. The van der Waals surface area contributed by atoms with Crippen molar-refractivity contribution in [1.29, 1.82) is 0 Å². The van der Waals surface area contributed by atoms with E-state index in [9.17, 15) is 18.0 Å². The van der Waals surface area contributed by atoms with Gasteiger partial charge in [0, 0.05) is 32.6 Å². The van der Waals surface area contributed by atoms with Crippen LogP contribution in [0.5, 0.6) is 0 Å². The van der Waals surface area contributed by atoms with Crippen LogP contribution in [0, 0.1) is 0 Å². The van der Waals surface area contributed by atoms with Crippen molar-refractivity contribution in [2.24, 2.45) is 0 Å². The van der Waals surface area contributed by atoms with E-state index in [-0.39, 0.29) is 17.6 Å². The maximum Gasteiger partial charge on any atom is 0.245 e. The number of piperazine rings is 1. The Balaban J connectivity index is 1.85. The summed E-state index contributed by atoms with van der Waals surface area (Å²) in [6.07, 6.45) is 2.43. The van der Waals surface area contributed by atoms with E-state index < -0.39 is 16.1 Å². The molecule has 1 N–H and O–H groups in total. The maximum absolute atomic E-state index is 12.2. The zero-order valence-electron chi connectivity index (χ0n) is 12.4. The molecule has 0 aromatic rings. The second kappa shape index (κ2) is 6.74. The number of carbonyl (C=O) groups is 2. The highest BCUT2D eigenvalue weighted by molar-refractivity contribution is 7.89. The number of unbranched alkanes of at least 4 members (excludes halogenated alkanes) is 1. The van der Waals surface area contributed by atoms with Gasteiger partial charge in [-0.05, 0) is 12.8 Å². The predicted molar refractivity (Wildman–Crippen MR) is 78.0 cm³/mol. The first-order valence-corrected chi connectivity index (χ1v) is 9.11. The van der Waals surface area contributed by atoms with Crippen LogP contribution >= 0.6 is 0 Å². The van der Waals surface area contributed by atoms with E-state index >= 15 is 0 Å². The molecular weight excluding hydrogens is 294 g/mol. The summed E-state index contributed by atoms with van der Waals surface area (Å²) in [7, 11) is -3.20. The average Bonchev–Trinajstić information content (AvgIpc) is 2.91. The highest BCUT2D eigenvalue weighted by Crippen LogP contribution is 2.14. The molecule has 2 amide bonds. The predicted octanol–water partition coefficient (Wildman–Crippen LogP) is -0.461. The van der Waals surface area contributed by atoms with Gasteiger partial charge in [0.2, 0.25) is 21.8 Å². The summed E-state index contributed by atoms with van der Waals surface area (Å²) in [5.74, 6) is -0.00330. The number of sulfonamides is 1. The molecule has 1 unspecified atom stereocenters. The number of rotatable bonds is 5. The van der Waals surface area contributed by atoms with Crippen molar-refractivity contribution >= 4 is 21.8 Å². The minimum Gasteiger partial charge on any atom is -0.344 e. The highest BCUT2D eigenvalue weighted by Gasteiger charge is 2.34. The molecule has 2 saturated heterocycles. The molecule has 0 aliphatic carbocycles. The van der Waals surface area contributed by atoms with Gasteiger partial charge in [0.15, 0.2) is 0 Å². The van der Waals surface area contributed by atoms with Crippen LogP contribution in [0.4, 0.5) is 0 Å². The summed E-state index contributed by atoms with van der Waals surface area (Å²) in [5.41, 5.74) is 0. The van der Waals surface area contributed by atoms with E-state index in [2.05, 4.69) is 5.32 Å². The Bertz CT molecular complexity index is 498. The maximum atomic E-state index is 12.2. The normalized spacial score (nSPS) is 24.1. The summed E-state index contributed by atoms with van der Waals surface area (Å²) in [4.78, 5) is 25.0. The molecule has 2 fully saturated rings. The Labute approximate surface area is 125 Å². The smallest absolute Gasteiger partial charge is 0.245 e. The first kappa shape index (κ1) is 16.2. The standard InChI is InChI=1S/C13H23N3O4S/c1-2-3-10-21(19,20)16-8-6-15(7-9-16)13(18)11-4-5-12(17)14-11/h11H,2-10H2,1H3,(H,14,17). The van der Waals surface area contributed by atoms with Crippen molar-refractivity contribution < 1.29 is 18.0 Å². The quantitative estimate of drug-likeness (QED) is 0.743. The molecule has 8 heteroatoms. The van der Waals surface area contributed by atoms with Crippen molar-refractivity contribution in [2.45, 2.75) is 38.6 Å². The van der Waals surface area contributed by atoms with Crippen LogP contribution in [0.1, 0.15) is 32.6 Å². The van der Waals surface area contributed by atoms with Crippen LogP contribution < -0.4 is 5.32 Å². The molecule has 0 radical (unpaired) electrons. The van der Waals surface area contributed by atoms with E-state index in [1.807, 2.05) is 6.92 Å². The van der Waals surface area contributed by atoms with Crippen molar-refractivity contribution in [3.8, 4) is 0 Å². The summed E-state index contributed by atoms with van der Waals surface area (Å²) in [6.45, 7) is 3.45. The zero-order chi connectivity index (χ0) is 15.5. The third-order valence-electron chi connectivity index (χ3n) is 3.99. The van der Waals surface area contributed by atoms with Gasteiger partial charge in [-0.2, -0.15) is 4.31 Å². The number of carbonyl (C=O) groups excluding carboxylic acids is 2. The monoisotopic (exact) mass is 317 g/mol. The van der Waals surface area contributed by atoms with E-state index in [0.29, 0.717) is 45.4 Å². The fraction of sp³-hybridized carbons (Fsp3) is 0.846. The van der Waals surface area contributed by atoms with Gasteiger partial charge in [-0.1, -0.05) is 13.3 Å². The summed E-state index contributed by atoms with van der Waals surface area (Å²) < 4.78 is 25.6. The van der Waals surface area contributed by atoms with Gasteiger partial charge in [0.25, 0.3) is 0 Å². The molecule has 0 saturated carbocycles. The largest absolute Gasteiger partial charge is 0.344 e. The molecule has 2 heterocycles. The average molecular weight is 317 g/mol. The van der Waals surface area contributed by atoms with Crippen molar-refractivity contribution in [1.82, 2.24) is 14.5 Å². The number of hydrogen-bond donors (Lipinski definition) is 1. The first-order valence-electron chi connectivity index (χ1n) is 7.50. The number of amides is 2. The topological polar surface area (TPSA) is 86.8 Å². The lowest BCUT2D eigenvalue weighted by atomic mass is 10.2. The van der Waals surface area contributed by atoms with Crippen molar-refractivity contribution in [3.05, 3.63) is 0 Å². The van der Waals surface area contributed by atoms with Gasteiger partial charge in [-0.25, -0.2) is 8.42 Å². The Kier molecular flexibility index (Phi) is 5.21. The lowest BCUT2D eigenvalue weighted by Crippen LogP contribution is -2.54. The lowest BCUT2D eigenvalue weighted by molar-refractivity contribution is -0.135. The third-order valence-corrected chi connectivity index (χ3v) is 5.95. The molecule has 0 bridgehead atoms. The van der Waals surface area contributed by atoms with Crippen LogP contribution in [0.2, 0.25) is 0 Å². The highest BCUT2D eigenvalue weighted by atomic mass is 32.2. The number of hydrogen-bond acceptors (Lipinski definition) is 4. The second-order valence-electron chi connectivity index (χ2n) is 5.55. The molecule has 0 aromatic carbocycles. The lowest BCUT2D eigenvalue weighted by Gasteiger charge is -2.35. The van der Waals surface area contributed by atoms with Crippen molar-refractivity contribution in [3.63, 3.8) is 0 Å². The molecule has 2 rings (SSSR count). The molecule has 2 aliphatic heterocycles. The molecule has 1 atom stereocenters. The summed E-state index contributed by atoms with van der Waals surface area (Å²) in [5, 5.41) is 2.66. The SMILES string of the molecule is CCCCS(=O)(=O)N1CCN(C(=O)C2CCC(=O)N2)CC1. The second-order valence-corrected chi connectivity index (χ2v) is 7.64. The summed E-state index contributed by atoms with van der Waals surface area (Å²) >= 11 is 0. The van der Waals surface area contributed by atoms with E-state index in [0.717, 1.165) is 6.42 Å². The molecule has 7 nitrogen and oxygen atoms in total. The van der Waals surface area contributed by atoms with Gasteiger partial charge < -0.3 is 10.2 Å². The Hall–Kier alpha value is -1.15.